The van der Waals surface area contributed by atoms with Gasteiger partial charge in [-0.3, -0.25) is 4.79 Å². The SMILES string of the molecule is O=C(O)COc1ccc2c(=O)c(-c3cscn3)coc2c1. The predicted molar refractivity (Wildman–Crippen MR) is 76.7 cm³/mol. The van der Waals surface area contributed by atoms with E-state index in [1.807, 2.05) is 0 Å². The van der Waals surface area contributed by atoms with Gasteiger partial charge in [-0.25, -0.2) is 9.78 Å². The van der Waals surface area contributed by atoms with Crippen LogP contribution in [-0.2, 0) is 4.79 Å². The number of carbonyl (C=O) groups is 1. The van der Waals surface area contributed by atoms with Crippen LogP contribution in [0.5, 0.6) is 5.75 Å². The summed E-state index contributed by atoms with van der Waals surface area (Å²) in [5, 5.41) is 10.7. The Morgan fingerprint density at radius 3 is 3.00 bits per heavy atom. The molecule has 0 fully saturated rings. The lowest BCUT2D eigenvalue weighted by atomic mass is 10.1. The van der Waals surface area contributed by atoms with E-state index >= 15 is 0 Å². The number of aliphatic carboxylic acids is 1. The maximum absolute atomic E-state index is 12.4. The summed E-state index contributed by atoms with van der Waals surface area (Å²) in [7, 11) is 0. The van der Waals surface area contributed by atoms with Gasteiger partial charge in [0.25, 0.3) is 0 Å². The van der Waals surface area contributed by atoms with Crippen LogP contribution in [0.25, 0.3) is 22.2 Å². The van der Waals surface area contributed by atoms with Crippen molar-refractivity contribution in [2.45, 2.75) is 0 Å². The molecule has 1 N–H and O–H groups in total. The summed E-state index contributed by atoms with van der Waals surface area (Å²) in [6.45, 7) is -0.452. The minimum Gasteiger partial charge on any atom is -0.482 e. The third-order valence-corrected chi connectivity index (χ3v) is 3.40. The summed E-state index contributed by atoms with van der Waals surface area (Å²) < 4.78 is 10.5. The summed E-state index contributed by atoms with van der Waals surface area (Å²) in [6, 6.07) is 4.58. The number of rotatable bonds is 4. The molecule has 0 spiro atoms. The van der Waals surface area contributed by atoms with Crippen molar-refractivity contribution in [3.8, 4) is 17.0 Å². The summed E-state index contributed by atoms with van der Waals surface area (Å²) in [5.41, 5.74) is 2.75. The van der Waals surface area contributed by atoms with Crippen molar-refractivity contribution in [1.29, 1.82) is 0 Å². The number of hydrogen-bond donors (Lipinski definition) is 1. The standard InChI is InChI=1S/C14H9NO5S/c16-13(17)5-19-8-1-2-9-12(3-8)20-4-10(14(9)18)11-6-21-7-15-11/h1-4,6-7H,5H2,(H,16,17). The normalized spacial score (nSPS) is 10.7. The third kappa shape index (κ3) is 2.63. The Hall–Kier alpha value is -2.67. The summed E-state index contributed by atoms with van der Waals surface area (Å²) in [5.74, 6) is -0.745. The highest BCUT2D eigenvalue weighted by Gasteiger charge is 2.11. The van der Waals surface area contributed by atoms with E-state index in [0.717, 1.165) is 0 Å². The average Bonchev–Trinajstić information content (AvgIpc) is 2.99. The molecule has 0 unspecified atom stereocenters. The van der Waals surface area contributed by atoms with Crippen LogP contribution in [0.2, 0.25) is 0 Å². The van der Waals surface area contributed by atoms with Crippen molar-refractivity contribution in [2.75, 3.05) is 6.61 Å². The molecule has 1 aromatic carbocycles. The number of nitrogens with zero attached hydrogens (tertiary/aromatic N) is 1. The van der Waals surface area contributed by atoms with Gasteiger partial charge in [-0.05, 0) is 12.1 Å². The average molecular weight is 303 g/mol. The van der Waals surface area contributed by atoms with Gasteiger partial charge < -0.3 is 14.3 Å². The van der Waals surface area contributed by atoms with Crippen LogP contribution in [0.4, 0.5) is 0 Å². The molecule has 2 aromatic heterocycles. The summed E-state index contributed by atoms with van der Waals surface area (Å²) >= 11 is 1.39. The Labute approximate surface area is 122 Å². The van der Waals surface area contributed by atoms with Gasteiger partial charge in [-0.1, -0.05) is 0 Å². The highest BCUT2D eigenvalue weighted by molar-refractivity contribution is 7.07. The van der Waals surface area contributed by atoms with E-state index in [1.165, 1.54) is 29.7 Å². The molecular weight excluding hydrogens is 294 g/mol. The molecule has 6 nitrogen and oxygen atoms in total. The molecule has 0 saturated heterocycles. The molecule has 3 aromatic rings. The topological polar surface area (TPSA) is 89.6 Å². The molecule has 0 aliphatic heterocycles. The van der Waals surface area contributed by atoms with Crippen LogP contribution in [0, 0.1) is 0 Å². The molecule has 0 bridgehead atoms. The number of aromatic nitrogens is 1. The first-order valence-corrected chi connectivity index (χ1v) is 6.88. The zero-order valence-electron chi connectivity index (χ0n) is 10.6. The van der Waals surface area contributed by atoms with Gasteiger partial charge in [0.05, 0.1) is 22.2 Å². The second kappa shape index (κ2) is 5.37. The van der Waals surface area contributed by atoms with Crippen molar-refractivity contribution in [1.82, 2.24) is 4.98 Å². The van der Waals surface area contributed by atoms with E-state index in [2.05, 4.69) is 4.98 Å². The van der Waals surface area contributed by atoms with E-state index in [0.29, 0.717) is 28.0 Å². The summed E-state index contributed by atoms with van der Waals surface area (Å²) in [4.78, 5) is 26.9. The fraction of sp³-hybridized carbons (Fsp3) is 0.0714. The second-order valence-corrected chi connectivity index (χ2v) is 4.91. The maximum Gasteiger partial charge on any atom is 0.341 e. The van der Waals surface area contributed by atoms with E-state index in [1.54, 1.807) is 17.0 Å². The number of carboxylic acid groups (broad SMARTS) is 1. The van der Waals surface area contributed by atoms with Crippen molar-refractivity contribution in [3.05, 3.63) is 45.6 Å². The Bertz CT molecular complexity index is 853. The van der Waals surface area contributed by atoms with Gasteiger partial charge in [0, 0.05) is 11.4 Å². The second-order valence-electron chi connectivity index (χ2n) is 4.19. The lowest BCUT2D eigenvalue weighted by Gasteiger charge is -2.04. The molecule has 0 aliphatic carbocycles. The van der Waals surface area contributed by atoms with Crippen LogP contribution in [0.3, 0.4) is 0 Å². The van der Waals surface area contributed by atoms with E-state index < -0.39 is 12.6 Å². The molecule has 0 aliphatic rings. The molecule has 0 atom stereocenters. The molecule has 0 radical (unpaired) electrons. The molecule has 2 heterocycles. The van der Waals surface area contributed by atoms with Gasteiger partial charge in [-0.2, -0.15) is 0 Å². The first-order chi connectivity index (χ1) is 10.1. The van der Waals surface area contributed by atoms with Crippen molar-refractivity contribution in [2.24, 2.45) is 0 Å². The number of fused-ring (bicyclic) bond motifs is 1. The summed E-state index contributed by atoms with van der Waals surface area (Å²) in [6.07, 6.45) is 1.35. The molecule has 106 valence electrons. The van der Waals surface area contributed by atoms with Crippen LogP contribution in [0.15, 0.2) is 44.6 Å². The van der Waals surface area contributed by atoms with Crippen LogP contribution < -0.4 is 10.2 Å². The Balaban J connectivity index is 2.03. The molecule has 0 amide bonds. The maximum atomic E-state index is 12.4. The van der Waals surface area contributed by atoms with E-state index in [9.17, 15) is 9.59 Å². The smallest absolute Gasteiger partial charge is 0.341 e. The van der Waals surface area contributed by atoms with Crippen LogP contribution >= 0.6 is 11.3 Å². The molecular formula is C14H9NO5S. The number of hydrogen-bond acceptors (Lipinski definition) is 6. The van der Waals surface area contributed by atoms with Gasteiger partial charge >= 0.3 is 5.97 Å². The van der Waals surface area contributed by atoms with E-state index in [-0.39, 0.29) is 5.43 Å². The monoisotopic (exact) mass is 303 g/mol. The Morgan fingerprint density at radius 2 is 2.29 bits per heavy atom. The number of thiazole rings is 1. The first kappa shape index (κ1) is 13.3. The van der Waals surface area contributed by atoms with Crippen molar-refractivity contribution < 1.29 is 19.1 Å². The number of carboxylic acids is 1. The Morgan fingerprint density at radius 1 is 1.43 bits per heavy atom. The zero-order valence-corrected chi connectivity index (χ0v) is 11.4. The van der Waals surface area contributed by atoms with Crippen molar-refractivity contribution in [3.63, 3.8) is 0 Å². The molecule has 0 saturated carbocycles. The minimum atomic E-state index is -1.07. The van der Waals surface area contributed by atoms with E-state index in [4.69, 9.17) is 14.3 Å². The fourth-order valence-electron chi connectivity index (χ4n) is 1.87. The first-order valence-electron chi connectivity index (χ1n) is 5.94. The quantitative estimate of drug-likeness (QED) is 0.796. The van der Waals surface area contributed by atoms with Gasteiger partial charge in [0.2, 0.25) is 5.43 Å². The highest BCUT2D eigenvalue weighted by Crippen LogP contribution is 2.22. The zero-order chi connectivity index (χ0) is 14.8. The highest BCUT2D eigenvalue weighted by atomic mass is 32.1. The van der Waals surface area contributed by atoms with Crippen LogP contribution in [0.1, 0.15) is 0 Å². The van der Waals surface area contributed by atoms with Crippen molar-refractivity contribution >= 4 is 28.3 Å². The van der Waals surface area contributed by atoms with Crippen LogP contribution in [-0.4, -0.2) is 22.7 Å². The molecule has 21 heavy (non-hydrogen) atoms. The van der Waals surface area contributed by atoms with Gasteiger partial charge in [0.15, 0.2) is 6.61 Å². The molecule has 3 rings (SSSR count). The molecule has 7 heteroatoms. The fourth-order valence-corrected chi connectivity index (χ4v) is 2.42. The lowest BCUT2D eigenvalue weighted by molar-refractivity contribution is -0.139. The largest absolute Gasteiger partial charge is 0.482 e. The number of benzene rings is 1. The third-order valence-electron chi connectivity index (χ3n) is 2.82. The number of ether oxygens (including phenoxy) is 1. The van der Waals surface area contributed by atoms with Gasteiger partial charge in [-0.15, -0.1) is 11.3 Å². The minimum absolute atomic E-state index is 0.188. The van der Waals surface area contributed by atoms with Gasteiger partial charge in [0.1, 0.15) is 17.6 Å². The lowest BCUT2D eigenvalue weighted by Crippen LogP contribution is -2.10. The Kier molecular flexibility index (Phi) is 3.41. The predicted octanol–water partition coefficient (Wildman–Crippen LogP) is 2.38.